The summed E-state index contributed by atoms with van der Waals surface area (Å²) in [5.41, 5.74) is 0.888. The summed E-state index contributed by atoms with van der Waals surface area (Å²) < 4.78 is 1.38. The highest BCUT2D eigenvalue weighted by molar-refractivity contribution is 5.26. The van der Waals surface area contributed by atoms with Crippen LogP contribution < -0.4 is 0 Å². The summed E-state index contributed by atoms with van der Waals surface area (Å²) in [5, 5.41) is 10.6. The van der Waals surface area contributed by atoms with Gasteiger partial charge in [0.25, 0.3) is 0 Å². The molecule has 0 atom stereocenters. The van der Waals surface area contributed by atoms with Gasteiger partial charge >= 0.3 is 5.95 Å². The maximum Gasteiger partial charge on any atom is 0.435 e. The first-order chi connectivity index (χ1) is 7.27. The molecule has 0 unspecified atom stereocenters. The van der Waals surface area contributed by atoms with Crippen LogP contribution >= 0.6 is 0 Å². The fourth-order valence-corrected chi connectivity index (χ4v) is 1.25. The SMILES string of the molecule is O=[N+]([O-])c1nccn1[CH]c1ccccc1. The second-order valence-electron chi connectivity index (χ2n) is 2.93. The van der Waals surface area contributed by atoms with Crippen molar-refractivity contribution in [2.75, 3.05) is 0 Å². The van der Waals surface area contributed by atoms with E-state index >= 15 is 0 Å². The summed E-state index contributed by atoms with van der Waals surface area (Å²) in [6, 6.07) is 9.36. The van der Waals surface area contributed by atoms with Crippen molar-refractivity contribution >= 4 is 5.95 Å². The van der Waals surface area contributed by atoms with E-state index < -0.39 is 4.92 Å². The van der Waals surface area contributed by atoms with E-state index in [1.807, 2.05) is 30.3 Å². The molecular formula is C10H8N3O2. The zero-order valence-electron chi connectivity index (χ0n) is 7.78. The van der Waals surface area contributed by atoms with E-state index in [4.69, 9.17) is 0 Å². The van der Waals surface area contributed by atoms with Crippen molar-refractivity contribution in [3.8, 4) is 0 Å². The van der Waals surface area contributed by atoms with Crippen LogP contribution in [-0.2, 0) is 0 Å². The average molecular weight is 202 g/mol. The topological polar surface area (TPSA) is 61.0 Å². The molecule has 1 radical (unpaired) electrons. The molecule has 0 saturated carbocycles. The first-order valence-electron chi connectivity index (χ1n) is 4.34. The quantitative estimate of drug-likeness (QED) is 0.563. The molecule has 5 heteroatoms. The maximum atomic E-state index is 10.6. The second kappa shape index (κ2) is 3.91. The van der Waals surface area contributed by atoms with Crippen molar-refractivity contribution in [3.63, 3.8) is 0 Å². The minimum atomic E-state index is -0.514. The average Bonchev–Trinajstić information content (AvgIpc) is 2.67. The third-order valence-corrected chi connectivity index (χ3v) is 1.90. The standard InChI is InChI=1S/C10H8N3O2/c14-13(15)10-11-6-7-12(10)8-9-4-2-1-3-5-9/h1-8H. The van der Waals surface area contributed by atoms with Crippen LogP contribution in [0.25, 0.3) is 0 Å². The lowest BCUT2D eigenvalue weighted by Crippen LogP contribution is -2.01. The van der Waals surface area contributed by atoms with Crippen LogP contribution in [0.1, 0.15) is 5.56 Å². The minimum absolute atomic E-state index is 0.182. The highest BCUT2D eigenvalue weighted by atomic mass is 16.6. The molecule has 0 fully saturated rings. The predicted octanol–water partition coefficient (Wildman–Crippen LogP) is 1.85. The fourth-order valence-electron chi connectivity index (χ4n) is 1.25. The van der Waals surface area contributed by atoms with Gasteiger partial charge in [-0.05, 0) is 10.5 Å². The number of imidazole rings is 1. The smallest absolute Gasteiger partial charge is 0.390 e. The van der Waals surface area contributed by atoms with Gasteiger partial charge in [-0.25, -0.2) is 4.57 Å². The molecule has 0 aliphatic heterocycles. The van der Waals surface area contributed by atoms with Crippen molar-refractivity contribution in [2.45, 2.75) is 0 Å². The van der Waals surface area contributed by atoms with Crippen molar-refractivity contribution in [1.29, 1.82) is 0 Å². The molecule has 1 heterocycles. The van der Waals surface area contributed by atoms with Crippen LogP contribution in [0.15, 0.2) is 42.7 Å². The van der Waals surface area contributed by atoms with E-state index in [9.17, 15) is 10.1 Å². The van der Waals surface area contributed by atoms with Crippen molar-refractivity contribution < 1.29 is 4.92 Å². The summed E-state index contributed by atoms with van der Waals surface area (Å²) in [4.78, 5) is 13.7. The molecular weight excluding hydrogens is 194 g/mol. The van der Waals surface area contributed by atoms with Gasteiger partial charge in [0.15, 0.2) is 0 Å². The third-order valence-electron chi connectivity index (χ3n) is 1.90. The molecule has 0 saturated heterocycles. The van der Waals surface area contributed by atoms with Gasteiger partial charge in [0.1, 0.15) is 18.9 Å². The molecule has 0 amide bonds. The number of nitrogens with zero attached hydrogens (tertiary/aromatic N) is 3. The zero-order chi connectivity index (χ0) is 10.7. The molecule has 0 aliphatic carbocycles. The fraction of sp³-hybridized carbons (Fsp3) is 0. The van der Waals surface area contributed by atoms with Crippen molar-refractivity contribution in [3.05, 3.63) is 64.9 Å². The molecule has 75 valence electrons. The van der Waals surface area contributed by atoms with Crippen molar-refractivity contribution in [2.24, 2.45) is 0 Å². The van der Waals surface area contributed by atoms with E-state index in [2.05, 4.69) is 4.98 Å². The van der Waals surface area contributed by atoms with Gasteiger partial charge < -0.3 is 10.1 Å². The monoisotopic (exact) mass is 202 g/mol. The van der Waals surface area contributed by atoms with E-state index in [1.54, 1.807) is 12.7 Å². The number of rotatable bonds is 3. The van der Waals surface area contributed by atoms with Gasteiger partial charge in [-0.3, -0.25) is 0 Å². The van der Waals surface area contributed by atoms with Crippen molar-refractivity contribution in [1.82, 2.24) is 9.55 Å². The largest absolute Gasteiger partial charge is 0.435 e. The molecule has 0 spiro atoms. The summed E-state index contributed by atoms with van der Waals surface area (Å²) >= 11 is 0. The Bertz CT molecular complexity index is 465. The number of aromatic nitrogens is 2. The van der Waals surface area contributed by atoms with Gasteiger partial charge in [0.05, 0.1) is 0 Å². The van der Waals surface area contributed by atoms with Gasteiger partial charge in [-0.2, -0.15) is 0 Å². The number of hydrogen-bond acceptors (Lipinski definition) is 3. The number of nitro groups is 1. The minimum Gasteiger partial charge on any atom is -0.390 e. The van der Waals surface area contributed by atoms with Crippen LogP contribution in [-0.4, -0.2) is 14.5 Å². The number of benzene rings is 1. The van der Waals surface area contributed by atoms with E-state index in [0.29, 0.717) is 0 Å². The lowest BCUT2D eigenvalue weighted by atomic mass is 10.2. The Labute approximate surface area is 86.1 Å². The maximum absolute atomic E-state index is 10.6. The van der Waals surface area contributed by atoms with Gasteiger partial charge in [0.2, 0.25) is 0 Å². The third kappa shape index (κ3) is 2.01. The molecule has 15 heavy (non-hydrogen) atoms. The van der Waals surface area contributed by atoms with Crippen LogP contribution in [0.2, 0.25) is 0 Å². The van der Waals surface area contributed by atoms with Gasteiger partial charge in [0, 0.05) is 0 Å². The summed E-state index contributed by atoms with van der Waals surface area (Å²) in [6.45, 7) is 1.66. The molecule has 1 aromatic carbocycles. The van der Waals surface area contributed by atoms with Gasteiger partial charge in [-0.15, -0.1) is 0 Å². The second-order valence-corrected chi connectivity index (χ2v) is 2.93. The molecule has 0 aliphatic rings. The summed E-state index contributed by atoms with van der Waals surface area (Å²) in [5.74, 6) is -0.182. The van der Waals surface area contributed by atoms with Crippen LogP contribution in [0.3, 0.4) is 0 Å². The molecule has 2 aromatic rings. The van der Waals surface area contributed by atoms with E-state index in [0.717, 1.165) is 5.56 Å². The Morgan fingerprint density at radius 1 is 1.33 bits per heavy atom. The Hall–Kier alpha value is -2.17. The van der Waals surface area contributed by atoms with Crippen LogP contribution in [0, 0.1) is 16.7 Å². The Morgan fingerprint density at radius 2 is 2.07 bits per heavy atom. The predicted molar refractivity (Wildman–Crippen MR) is 54.1 cm³/mol. The lowest BCUT2D eigenvalue weighted by molar-refractivity contribution is -0.395. The van der Waals surface area contributed by atoms with Crippen LogP contribution in [0.5, 0.6) is 0 Å². The molecule has 0 bridgehead atoms. The Balaban J connectivity index is 2.25. The molecule has 2 rings (SSSR count). The Kier molecular flexibility index (Phi) is 2.45. The summed E-state index contributed by atoms with van der Waals surface area (Å²) in [6.07, 6.45) is 2.95. The number of hydrogen-bond donors (Lipinski definition) is 0. The highest BCUT2D eigenvalue weighted by Crippen LogP contribution is 2.12. The highest BCUT2D eigenvalue weighted by Gasteiger charge is 2.14. The zero-order valence-corrected chi connectivity index (χ0v) is 7.78. The van der Waals surface area contributed by atoms with Gasteiger partial charge in [-0.1, -0.05) is 35.3 Å². The lowest BCUT2D eigenvalue weighted by Gasteiger charge is -1.99. The van der Waals surface area contributed by atoms with E-state index in [1.165, 1.54) is 10.8 Å². The Morgan fingerprint density at radius 3 is 2.73 bits per heavy atom. The van der Waals surface area contributed by atoms with Crippen LogP contribution in [0.4, 0.5) is 5.95 Å². The normalized spacial score (nSPS) is 10.1. The molecule has 5 nitrogen and oxygen atoms in total. The molecule has 0 N–H and O–H groups in total. The first-order valence-corrected chi connectivity index (χ1v) is 4.34. The van der Waals surface area contributed by atoms with E-state index in [-0.39, 0.29) is 5.95 Å². The molecule has 1 aromatic heterocycles. The first kappa shape index (κ1) is 9.39. The summed E-state index contributed by atoms with van der Waals surface area (Å²) in [7, 11) is 0.